The molecule has 0 N–H and O–H groups in total. The highest BCUT2D eigenvalue weighted by atomic mass is 32.1. The molecule has 1 aromatic heterocycles. The van der Waals surface area contributed by atoms with Crippen molar-refractivity contribution in [3.63, 3.8) is 0 Å². The van der Waals surface area contributed by atoms with Crippen molar-refractivity contribution in [1.82, 2.24) is 4.90 Å². The van der Waals surface area contributed by atoms with Gasteiger partial charge in [0, 0.05) is 11.4 Å². The van der Waals surface area contributed by atoms with E-state index in [4.69, 9.17) is 18.9 Å². The largest absolute Gasteiger partial charge is 0.493 e. The molecule has 0 fully saturated rings. The fourth-order valence-corrected chi connectivity index (χ4v) is 3.93. The molecule has 2 aromatic rings. The van der Waals surface area contributed by atoms with Crippen molar-refractivity contribution in [2.45, 2.75) is 18.9 Å². The van der Waals surface area contributed by atoms with Gasteiger partial charge in [-0.05, 0) is 44.1 Å². The van der Waals surface area contributed by atoms with E-state index in [1.165, 1.54) is 21.3 Å². The summed E-state index contributed by atoms with van der Waals surface area (Å²) in [6.07, 6.45) is 0.655. The predicted octanol–water partition coefficient (Wildman–Crippen LogP) is 3.80. The van der Waals surface area contributed by atoms with Crippen LogP contribution in [0.25, 0.3) is 0 Å². The molecule has 0 saturated carbocycles. The molecule has 0 aliphatic heterocycles. The molecule has 148 valence electrons. The molecule has 1 unspecified atom stereocenters. The molecule has 0 radical (unpaired) electrons. The Morgan fingerprint density at radius 2 is 1.74 bits per heavy atom. The van der Waals surface area contributed by atoms with Crippen LogP contribution < -0.4 is 14.2 Å². The van der Waals surface area contributed by atoms with Gasteiger partial charge in [0.25, 0.3) is 0 Å². The Morgan fingerprint density at radius 3 is 2.15 bits per heavy atom. The maximum atomic E-state index is 13.0. The summed E-state index contributed by atoms with van der Waals surface area (Å²) in [4.78, 5) is 16.1. The molecule has 6 nitrogen and oxygen atoms in total. The highest BCUT2D eigenvalue weighted by molar-refractivity contribution is 7.10. The minimum atomic E-state index is -0.727. The van der Waals surface area contributed by atoms with Gasteiger partial charge in [-0.2, -0.15) is 0 Å². The molecule has 27 heavy (non-hydrogen) atoms. The van der Waals surface area contributed by atoms with Gasteiger partial charge < -0.3 is 23.8 Å². The summed E-state index contributed by atoms with van der Waals surface area (Å²) in [5, 5.41) is 1.99. The molecule has 0 saturated heterocycles. The van der Waals surface area contributed by atoms with E-state index in [-0.39, 0.29) is 0 Å². The van der Waals surface area contributed by atoms with Crippen LogP contribution in [0.5, 0.6) is 17.2 Å². The van der Waals surface area contributed by atoms with E-state index < -0.39 is 11.6 Å². The molecular formula is C20H27NO5S. The van der Waals surface area contributed by atoms with Crippen LogP contribution in [0, 0.1) is 0 Å². The van der Waals surface area contributed by atoms with Gasteiger partial charge in [0.05, 0.1) is 26.9 Å². The van der Waals surface area contributed by atoms with Crippen molar-refractivity contribution < 1.29 is 23.7 Å². The molecular weight excluding hydrogens is 366 g/mol. The number of esters is 1. The first kappa shape index (κ1) is 21.1. The monoisotopic (exact) mass is 393 g/mol. The standard InChI is InChI=1S/C20H27NO5S/c1-7-20(13-21(2)3,17-9-8-10-27-17)26-19(22)14-11-15(23-4)18(25-6)16(12-14)24-5/h8-12H,7,13H2,1-6H3. The Hall–Kier alpha value is -2.25. The number of thiophene rings is 1. The van der Waals surface area contributed by atoms with E-state index in [1.54, 1.807) is 23.5 Å². The SMILES string of the molecule is CCC(CN(C)C)(OC(=O)c1cc(OC)c(OC)c(OC)c1)c1cccs1. The third kappa shape index (κ3) is 4.54. The number of hydrogen-bond donors (Lipinski definition) is 0. The number of nitrogens with zero attached hydrogens (tertiary/aromatic N) is 1. The van der Waals surface area contributed by atoms with Crippen molar-refractivity contribution in [2.24, 2.45) is 0 Å². The zero-order valence-electron chi connectivity index (χ0n) is 16.7. The number of hydrogen-bond acceptors (Lipinski definition) is 7. The molecule has 1 heterocycles. The second-order valence-electron chi connectivity index (χ2n) is 6.37. The van der Waals surface area contributed by atoms with Crippen LogP contribution in [0.15, 0.2) is 29.6 Å². The molecule has 0 spiro atoms. The highest BCUT2D eigenvalue weighted by Gasteiger charge is 2.37. The fraction of sp³-hybridized carbons (Fsp3) is 0.450. The third-order valence-corrected chi connectivity index (χ3v) is 5.36. The second-order valence-corrected chi connectivity index (χ2v) is 7.31. The lowest BCUT2D eigenvalue weighted by molar-refractivity contribution is -0.0339. The summed E-state index contributed by atoms with van der Waals surface area (Å²) in [6.45, 7) is 2.60. The summed E-state index contributed by atoms with van der Waals surface area (Å²) >= 11 is 1.58. The number of methoxy groups -OCH3 is 3. The maximum Gasteiger partial charge on any atom is 0.339 e. The Morgan fingerprint density at radius 1 is 1.11 bits per heavy atom. The fourth-order valence-electron chi connectivity index (χ4n) is 3.00. The molecule has 0 aliphatic carbocycles. The van der Waals surface area contributed by atoms with Gasteiger partial charge >= 0.3 is 5.97 Å². The van der Waals surface area contributed by atoms with Crippen molar-refractivity contribution in [3.05, 3.63) is 40.1 Å². The first-order valence-corrected chi connectivity index (χ1v) is 9.50. The lowest BCUT2D eigenvalue weighted by Gasteiger charge is -2.34. The van der Waals surface area contributed by atoms with E-state index in [2.05, 4.69) is 0 Å². The second kappa shape index (κ2) is 9.10. The van der Waals surface area contributed by atoms with Crippen LogP contribution in [0.4, 0.5) is 0 Å². The Kier molecular flexibility index (Phi) is 7.10. The van der Waals surface area contributed by atoms with Crippen LogP contribution in [-0.2, 0) is 10.3 Å². The quantitative estimate of drug-likeness (QED) is 0.604. The molecule has 7 heteroatoms. The van der Waals surface area contributed by atoms with Gasteiger partial charge in [-0.25, -0.2) is 4.79 Å². The first-order chi connectivity index (χ1) is 12.9. The number of carbonyl (C=O) groups excluding carboxylic acids is 1. The van der Waals surface area contributed by atoms with E-state index >= 15 is 0 Å². The lowest BCUT2D eigenvalue weighted by Crippen LogP contribution is -2.40. The van der Waals surface area contributed by atoms with Crippen LogP contribution in [-0.4, -0.2) is 52.8 Å². The smallest absolute Gasteiger partial charge is 0.339 e. The highest BCUT2D eigenvalue weighted by Crippen LogP contribution is 2.40. The summed E-state index contributed by atoms with van der Waals surface area (Å²) in [5.41, 5.74) is -0.382. The topological polar surface area (TPSA) is 57.2 Å². The average Bonchev–Trinajstić information content (AvgIpc) is 3.20. The molecule has 0 amide bonds. The summed E-state index contributed by atoms with van der Waals surface area (Å²) < 4.78 is 22.1. The van der Waals surface area contributed by atoms with Gasteiger partial charge in [0.15, 0.2) is 17.1 Å². The van der Waals surface area contributed by atoms with Crippen molar-refractivity contribution in [2.75, 3.05) is 42.0 Å². The summed E-state index contributed by atoms with van der Waals surface area (Å²) in [7, 11) is 8.48. The average molecular weight is 394 g/mol. The van der Waals surface area contributed by atoms with Gasteiger partial charge in [-0.15, -0.1) is 11.3 Å². The number of carbonyl (C=O) groups is 1. The number of benzene rings is 1. The molecule has 1 aromatic carbocycles. The minimum Gasteiger partial charge on any atom is -0.493 e. The molecule has 0 bridgehead atoms. The zero-order chi connectivity index (χ0) is 20.0. The normalized spacial score (nSPS) is 13.1. The maximum absolute atomic E-state index is 13.0. The van der Waals surface area contributed by atoms with Crippen molar-refractivity contribution in [1.29, 1.82) is 0 Å². The Balaban J connectivity index is 2.43. The van der Waals surface area contributed by atoms with E-state index in [1.807, 2.05) is 43.4 Å². The van der Waals surface area contributed by atoms with Crippen LogP contribution in [0.1, 0.15) is 28.6 Å². The number of ether oxygens (including phenoxy) is 4. The predicted molar refractivity (Wildman–Crippen MR) is 106 cm³/mol. The minimum absolute atomic E-state index is 0.345. The van der Waals surface area contributed by atoms with Gasteiger partial charge in [-0.1, -0.05) is 13.0 Å². The van der Waals surface area contributed by atoms with E-state index in [0.29, 0.717) is 35.8 Å². The summed E-state index contributed by atoms with van der Waals surface area (Å²) in [5.74, 6) is 0.820. The van der Waals surface area contributed by atoms with Gasteiger partial charge in [-0.3, -0.25) is 0 Å². The van der Waals surface area contributed by atoms with Crippen molar-refractivity contribution >= 4 is 17.3 Å². The molecule has 2 rings (SSSR count). The number of likely N-dealkylation sites (N-methyl/N-ethyl adjacent to an activating group) is 1. The zero-order valence-corrected chi connectivity index (χ0v) is 17.5. The van der Waals surface area contributed by atoms with Gasteiger partial charge in [0.2, 0.25) is 5.75 Å². The number of rotatable bonds is 9. The van der Waals surface area contributed by atoms with E-state index in [0.717, 1.165) is 4.88 Å². The van der Waals surface area contributed by atoms with Crippen LogP contribution in [0.2, 0.25) is 0 Å². The van der Waals surface area contributed by atoms with Crippen LogP contribution in [0.3, 0.4) is 0 Å². The van der Waals surface area contributed by atoms with Crippen LogP contribution >= 0.6 is 11.3 Å². The molecule has 1 atom stereocenters. The lowest BCUT2D eigenvalue weighted by atomic mass is 9.97. The summed E-state index contributed by atoms with van der Waals surface area (Å²) in [6, 6.07) is 7.18. The molecule has 0 aliphatic rings. The third-order valence-electron chi connectivity index (χ3n) is 4.30. The van der Waals surface area contributed by atoms with E-state index in [9.17, 15) is 4.79 Å². The van der Waals surface area contributed by atoms with Crippen molar-refractivity contribution in [3.8, 4) is 17.2 Å². The van der Waals surface area contributed by atoms with Gasteiger partial charge in [0.1, 0.15) is 0 Å². The Bertz CT molecular complexity index is 735. The Labute approximate surface area is 164 Å². The first-order valence-electron chi connectivity index (χ1n) is 8.62.